The molecule has 1 unspecified atom stereocenters. The molecule has 7 heteroatoms. The Morgan fingerprint density at radius 2 is 1.94 bits per heavy atom. The van der Waals surface area contributed by atoms with E-state index in [-0.39, 0.29) is 17.8 Å². The lowest BCUT2D eigenvalue weighted by Crippen LogP contribution is -2.50. The maximum Gasteiger partial charge on any atom is 0.234 e. The molecule has 1 aromatic heterocycles. The van der Waals surface area contributed by atoms with Crippen LogP contribution in [0.25, 0.3) is 11.4 Å². The Kier molecular flexibility index (Phi) is 6.13. The minimum atomic E-state index is -0.922. The predicted octanol–water partition coefficient (Wildman–Crippen LogP) is 5.35. The molecule has 0 saturated carbocycles. The fourth-order valence-electron chi connectivity index (χ4n) is 5.08. The largest absolute Gasteiger partial charge is 0.381 e. The van der Waals surface area contributed by atoms with Gasteiger partial charge in [-0.25, -0.2) is 14.4 Å². The van der Waals surface area contributed by atoms with Crippen LogP contribution in [0.2, 0.25) is 5.02 Å². The highest BCUT2D eigenvalue weighted by Crippen LogP contribution is 2.42. The van der Waals surface area contributed by atoms with Gasteiger partial charge in [0.2, 0.25) is 5.91 Å². The molecule has 0 radical (unpaired) electrons. The van der Waals surface area contributed by atoms with Crippen LogP contribution in [0.5, 0.6) is 0 Å². The number of carbonyl (C=O) groups excluding carboxylic acids is 1. The fraction of sp³-hybridized carbons (Fsp3) is 0.346. The van der Waals surface area contributed by atoms with Gasteiger partial charge in [0.05, 0.1) is 17.2 Å². The van der Waals surface area contributed by atoms with Gasteiger partial charge in [-0.05, 0) is 49.9 Å². The van der Waals surface area contributed by atoms with Crippen LogP contribution in [0.3, 0.4) is 0 Å². The number of aromatic nitrogens is 2. The topological polar surface area (TPSA) is 55.3 Å². The zero-order chi connectivity index (χ0) is 22.8. The van der Waals surface area contributed by atoms with Crippen LogP contribution in [0, 0.1) is 5.82 Å². The Morgan fingerprint density at radius 1 is 1.12 bits per heavy atom. The Labute approximate surface area is 197 Å². The summed E-state index contributed by atoms with van der Waals surface area (Å²) in [6.45, 7) is 1.49. The molecule has 0 spiro atoms. The Balaban J connectivity index is 1.50. The minimum absolute atomic E-state index is 0.0404. The third-order valence-corrected chi connectivity index (χ3v) is 7.00. The number of nitrogens with zero attached hydrogens (tertiary/aromatic N) is 3. The quantitative estimate of drug-likeness (QED) is 0.521. The zero-order valence-corrected chi connectivity index (χ0v) is 19.0. The monoisotopic (exact) mass is 465 g/mol. The van der Waals surface area contributed by atoms with Crippen LogP contribution in [0.15, 0.2) is 60.8 Å². The van der Waals surface area contributed by atoms with Gasteiger partial charge in [0.25, 0.3) is 0 Å². The molecular weight excluding hydrogens is 441 g/mol. The van der Waals surface area contributed by atoms with Crippen molar-refractivity contribution in [1.82, 2.24) is 14.9 Å². The summed E-state index contributed by atoms with van der Waals surface area (Å²) in [5.41, 5.74) is 1.16. The van der Waals surface area contributed by atoms with Gasteiger partial charge in [0.1, 0.15) is 5.82 Å². The molecule has 2 aliphatic rings. The van der Waals surface area contributed by atoms with E-state index in [0.29, 0.717) is 49.0 Å². The zero-order valence-electron chi connectivity index (χ0n) is 18.2. The molecule has 2 aliphatic heterocycles. The van der Waals surface area contributed by atoms with Crippen molar-refractivity contribution in [3.63, 3.8) is 0 Å². The second-order valence-electron chi connectivity index (χ2n) is 8.65. The lowest BCUT2D eigenvalue weighted by Gasteiger charge is -2.40. The number of amides is 1. The first-order valence-electron chi connectivity index (χ1n) is 11.3. The van der Waals surface area contributed by atoms with Crippen molar-refractivity contribution in [3.8, 4) is 11.4 Å². The van der Waals surface area contributed by atoms with Gasteiger partial charge in [0, 0.05) is 42.1 Å². The summed E-state index contributed by atoms with van der Waals surface area (Å²) in [5, 5.41) is 0.616. The Hall–Kier alpha value is -2.83. The van der Waals surface area contributed by atoms with E-state index in [0.717, 1.165) is 24.1 Å². The summed E-state index contributed by atoms with van der Waals surface area (Å²) in [6.07, 6.45) is 4.33. The van der Waals surface area contributed by atoms with Crippen molar-refractivity contribution in [3.05, 3.63) is 82.9 Å². The highest BCUT2D eigenvalue weighted by molar-refractivity contribution is 6.30. The first kappa shape index (κ1) is 22.0. The van der Waals surface area contributed by atoms with Crippen LogP contribution in [0.1, 0.15) is 43.0 Å². The third kappa shape index (κ3) is 4.13. The van der Waals surface area contributed by atoms with E-state index in [9.17, 15) is 9.18 Å². The molecule has 2 aromatic carbocycles. The summed E-state index contributed by atoms with van der Waals surface area (Å²) in [6, 6.07) is 15.7. The van der Waals surface area contributed by atoms with Crippen molar-refractivity contribution in [2.75, 3.05) is 19.8 Å². The van der Waals surface area contributed by atoms with Gasteiger partial charge >= 0.3 is 0 Å². The molecule has 2 saturated heterocycles. The smallest absolute Gasteiger partial charge is 0.234 e. The summed E-state index contributed by atoms with van der Waals surface area (Å²) >= 11 is 6.15. The lowest BCUT2D eigenvalue weighted by atomic mass is 9.72. The third-order valence-electron chi connectivity index (χ3n) is 6.76. The molecule has 0 aliphatic carbocycles. The molecule has 1 amide bonds. The average Bonchev–Trinajstić information content (AvgIpc) is 3.34. The van der Waals surface area contributed by atoms with Crippen molar-refractivity contribution < 1.29 is 13.9 Å². The van der Waals surface area contributed by atoms with E-state index >= 15 is 0 Å². The standard InChI is InChI=1S/C26H25ClFN3O2/c27-19-6-3-5-18(17-19)24-29-13-10-22(30-24)23-9-4-14-31(23)25(32)26(11-15-33-16-12-26)20-7-1-2-8-21(20)28/h1-3,5-8,10,13,17,23H,4,9,11-12,14-16H2. The van der Waals surface area contributed by atoms with Gasteiger partial charge in [0.15, 0.2) is 5.82 Å². The summed E-state index contributed by atoms with van der Waals surface area (Å²) in [5.74, 6) is 0.194. The molecule has 170 valence electrons. The lowest BCUT2D eigenvalue weighted by molar-refractivity contribution is -0.142. The first-order chi connectivity index (χ1) is 16.1. The van der Waals surface area contributed by atoms with E-state index in [1.54, 1.807) is 24.4 Å². The van der Waals surface area contributed by atoms with Gasteiger partial charge in [-0.1, -0.05) is 41.9 Å². The highest BCUT2D eigenvalue weighted by Gasteiger charge is 2.48. The van der Waals surface area contributed by atoms with E-state index in [1.165, 1.54) is 6.07 Å². The molecule has 3 heterocycles. The van der Waals surface area contributed by atoms with Gasteiger partial charge in [-0.2, -0.15) is 0 Å². The predicted molar refractivity (Wildman–Crippen MR) is 124 cm³/mol. The normalized spacial score (nSPS) is 20.1. The number of halogens is 2. The molecule has 3 aromatic rings. The maximum atomic E-state index is 14.9. The molecule has 0 N–H and O–H groups in total. The van der Waals surface area contributed by atoms with Crippen LogP contribution < -0.4 is 0 Å². The van der Waals surface area contributed by atoms with Gasteiger partial charge in [-0.3, -0.25) is 4.79 Å². The van der Waals surface area contributed by atoms with Crippen molar-refractivity contribution in [2.45, 2.75) is 37.1 Å². The molecule has 33 heavy (non-hydrogen) atoms. The van der Waals surface area contributed by atoms with Crippen LogP contribution in [0.4, 0.5) is 4.39 Å². The van der Waals surface area contributed by atoms with Gasteiger partial charge < -0.3 is 9.64 Å². The molecule has 0 bridgehead atoms. The van der Waals surface area contributed by atoms with Crippen LogP contribution >= 0.6 is 11.6 Å². The van der Waals surface area contributed by atoms with Crippen molar-refractivity contribution >= 4 is 17.5 Å². The minimum Gasteiger partial charge on any atom is -0.381 e. The number of hydrogen-bond acceptors (Lipinski definition) is 4. The summed E-state index contributed by atoms with van der Waals surface area (Å²) < 4.78 is 20.5. The van der Waals surface area contributed by atoms with E-state index in [2.05, 4.69) is 4.98 Å². The number of rotatable bonds is 4. The van der Waals surface area contributed by atoms with E-state index in [1.807, 2.05) is 35.2 Å². The Bertz CT molecular complexity index is 1170. The number of likely N-dealkylation sites (tertiary alicyclic amines) is 1. The SMILES string of the molecule is O=C(N1CCCC1c1ccnc(-c2cccc(Cl)c2)n1)C1(c2ccccc2F)CCOCC1. The summed E-state index contributed by atoms with van der Waals surface area (Å²) in [4.78, 5) is 25.2. The fourth-order valence-corrected chi connectivity index (χ4v) is 5.27. The second-order valence-corrected chi connectivity index (χ2v) is 9.08. The average molecular weight is 466 g/mol. The van der Waals surface area contributed by atoms with Crippen molar-refractivity contribution in [1.29, 1.82) is 0 Å². The summed E-state index contributed by atoms with van der Waals surface area (Å²) in [7, 11) is 0. The molecule has 5 nitrogen and oxygen atoms in total. The molecule has 5 rings (SSSR count). The second kappa shape index (κ2) is 9.20. The van der Waals surface area contributed by atoms with Crippen LogP contribution in [-0.2, 0) is 14.9 Å². The number of hydrogen-bond donors (Lipinski definition) is 0. The first-order valence-corrected chi connectivity index (χ1v) is 11.7. The number of benzene rings is 2. The van der Waals surface area contributed by atoms with Crippen molar-refractivity contribution in [2.24, 2.45) is 0 Å². The molecular formula is C26H25ClFN3O2. The molecule has 2 fully saturated rings. The van der Waals surface area contributed by atoms with E-state index < -0.39 is 5.41 Å². The van der Waals surface area contributed by atoms with E-state index in [4.69, 9.17) is 21.3 Å². The van der Waals surface area contributed by atoms with Crippen LogP contribution in [-0.4, -0.2) is 40.5 Å². The molecule has 1 atom stereocenters. The van der Waals surface area contributed by atoms with Gasteiger partial charge in [-0.15, -0.1) is 0 Å². The number of ether oxygens (including phenoxy) is 1. The number of carbonyl (C=O) groups is 1. The Morgan fingerprint density at radius 3 is 2.73 bits per heavy atom. The highest BCUT2D eigenvalue weighted by atomic mass is 35.5. The maximum absolute atomic E-state index is 14.9.